The summed E-state index contributed by atoms with van der Waals surface area (Å²) in [4.78, 5) is 14.7. The lowest BCUT2D eigenvalue weighted by atomic mass is 10.2. The highest BCUT2D eigenvalue weighted by molar-refractivity contribution is 5.76. The third-order valence-corrected chi connectivity index (χ3v) is 2.48. The Hall–Kier alpha value is -2.16. The second-order valence-corrected chi connectivity index (χ2v) is 3.77. The van der Waals surface area contributed by atoms with E-state index in [-0.39, 0.29) is 0 Å². The van der Waals surface area contributed by atoms with Crippen molar-refractivity contribution in [1.29, 1.82) is 0 Å². The standard InChI is InChI=1S/C14H13NO2/c1-11-7-14(15-8-13(11)9-16)17-10-12-5-3-2-4-6-12/h2-9H,10H2,1H3. The van der Waals surface area contributed by atoms with Crippen LogP contribution in [0.25, 0.3) is 0 Å². The fourth-order valence-electron chi connectivity index (χ4n) is 1.47. The van der Waals surface area contributed by atoms with Crippen LogP contribution in [-0.4, -0.2) is 11.3 Å². The maximum absolute atomic E-state index is 10.6. The monoisotopic (exact) mass is 227 g/mol. The maximum Gasteiger partial charge on any atom is 0.213 e. The highest BCUT2D eigenvalue weighted by Crippen LogP contribution is 2.13. The number of carbonyl (C=O) groups excluding carboxylic acids is 1. The third-order valence-electron chi connectivity index (χ3n) is 2.48. The van der Waals surface area contributed by atoms with Crippen LogP contribution in [0.2, 0.25) is 0 Å². The van der Waals surface area contributed by atoms with Gasteiger partial charge < -0.3 is 4.74 Å². The minimum absolute atomic E-state index is 0.480. The van der Waals surface area contributed by atoms with E-state index in [1.807, 2.05) is 37.3 Å². The van der Waals surface area contributed by atoms with Gasteiger partial charge in [0, 0.05) is 17.8 Å². The van der Waals surface area contributed by atoms with E-state index in [2.05, 4.69) is 4.98 Å². The van der Waals surface area contributed by atoms with Crippen LogP contribution >= 0.6 is 0 Å². The van der Waals surface area contributed by atoms with Gasteiger partial charge in [-0.2, -0.15) is 0 Å². The SMILES string of the molecule is Cc1cc(OCc2ccccc2)ncc1C=O. The number of benzene rings is 1. The van der Waals surface area contributed by atoms with Crippen LogP contribution in [0, 0.1) is 6.92 Å². The second-order valence-electron chi connectivity index (χ2n) is 3.77. The molecule has 0 aliphatic rings. The third kappa shape index (κ3) is 2.91. The van der Waals surface area contributed by atoms with Gasteiger partial charge in [0.25, 0.3) is 0 Å². The van der Waals surface area contributed by atoms with Crippen molar-refractivity contribution in [3.05, 3.63) is 59.3 Å². The first-order valence-corrected chi connectivity index (χ1v) is 5.38. The first kappa shape index (κ1) is 11.3. The quantitative estimate of drug-likeness (QED) is 0.754. The molecule has 3 nitrogen and oxygen atoms in total. The van der Waals surface area contributed by atoms with Crippen LogP contribution in [0.4, 0.5) is 0 Å². The van der Waals surface area contributed by atoms with Gasteiger partial charge in [0.15, 0.2) is 6.29 Å². The largest absolute Gasteiger partial charge is 0.473 e. The molecule has 0 atom stereocenters. The molecular weight excluding hydrogens is 214 g/mol. The molecule has 0 fully saturated rings. The molecule has 1 aromatic heterocycles. The van der Waals surface area contributed by atoms with Gasteiger partial charge in [-0.3, -0.25) is 4.79 Å². The molecule has 3 heteroatoms. The summed E-state index contributed by atoms with van der Waals surface area (Å²) in [6.45, 7) is 2.34. The Morgan fingerprint density at radius 3 is 2.71 bits per heavy atom. The number of hydrogen-bond donors (Lipinski definition) is 0. The average Bonchev–Trinajstić information content (AvgIpc) is 2.38. The summed E-state index contributed by atoms with van der Waals surface area (Å²) >= 11 is 0. The van der Waals surface area contributed by atoms with Crippen molar-refractivity contribution in [3.8, 4) is 5.88 Å². The molecule has 0 bridgehead atoms. The summed E-state index contributed by atoms with van der Waals surface area (Å²) in [7, 11) is 0. The van der Waals surface area contributed by atoms with Gasteiger partial charge in [0.1, 0.15) is 6.61 Å². The van der Waals surface area contributed by atoms with Crippen molar-refractivity contribution >= 4 is 6.29 Å². The maximum atomic E-state index is 10.6. The molecule has 86 valence electrons. The molecule has 0 aliphatic heterocycles. The Kier molecular flexibility index (Phi) is 3.50. The lowest BCUT2D eigenvalue weighted by Gasteiger charge is -2.06. The summed E-state index contributed by atoms with van der Waals surface area (Å²) in [5, 5.41) is 0. The fourth-order valence-corrected chi connectivity index (χ4v) is 1.47. The number of aromatic nitrogens is 1. The Labute approximate surface area is 100 Å². The number of aryl methyl sites for hydroxylation is 1. The molecule has 2 rings (SSSR count). The Morgan fingerprint density at radius 1 is 1.29 bits per heavy atom. The summed E-state index contributed by atoms with van der Waals surface area (Å²) in [5.74, 6) is 0.539. The van der Waals surface area contributed by atoms with Crippen LogP contribution in [0.1, 0.15) is 21.5 Å². The zero-order valence-electron chi connectivity index (χ0n) is 9.59. The van der Waals surface area contributed by atoms with Gasteiger partial charge in [0.05, 0.1) is 0 Å². The summed E-state index contributed by atoms with van der Waals surface area (Å²) in [6.07, 6.45) is 2.33. The zero-order chi connectivity index (χ0) is 12.1. The average molecular weight is 227 g/mol. The van der Waals surface area contributed by atoms with E-state index in [0.717, 1.165) is 17.4 Å². The molecule has 1 heterocycles. The van der Waals surface area contributed by atoms with E-state index < -0.39 is 0 Å². The fraction of sp³-hybridized carbons (Fsp3) is 0.143. The predicted molar refractivity (Wildman–Crippen MR) is 65.1 cm³/mol. The van der Waals surface area contributed by atoms with E-state index in [4.69, 9.17) is 4.74 Å². The van der Waals surface area contributed by atoms with E-state index in [1.54, 1.807) is 6.07 Å². The minimum atomic E-state index is 0.480. The van der Waals surface area contributed by atoms with Crippen LogP contribution in [0.3, 0.4) is 0 Å². The molecule has 0 unspecified atom stereocenters. The van der Waals surface area contributed by atoms with E-state index in [1.165, 1.54) is 6.20 Å². The Balaban J connectivity index is 2.05. The van der Waals surface area contributed by atoms with Crippen molar-refractivity contribution < 1.29 is 9.53 Å². The Bertz CT molecular complexity index is 509. The summed E-state index contributed by atoms with van der Waals surface area (Å²) < 4.78 is 5.55. The first-order chi connectivity index (χ1) is 8.29. The molecule has 0 saturated heterocycles. The molecule has 2 aromatic rings. The second kappa shape index (κ2) is 5.25. The highest BCUT2D eigenvalue weighted by atomic mass is 16.5. The van der Waals surface area contributed by atoms with Crippen molar-refractivity contribution in [1.82, 2.24) is 4.98 Å². The molecule has 1 aromatic carbocycles. The Morgan fingerprint density at radius 2 is 2.06 bits per heavy atom. The van der Waals surface area contributed by atoms with E-state index in [0.29, 0.717) is 18.1 Å². The van der Waals surface area contributed by atoms with Gasteiger partial charge >= 0.3 is 0 Å². The summed E-state index contributed by atoms with van der Waals surface area (Å²) in [6, 6.07) is 11.6. The van der Waals surface area contributed by atoms with Crippen molar-refractivity contribution in [2.45, 2.75) is 13.5 Å². The molecule has 0 spiro atoms. The van der Waals surface area contributed by atoms with E-state index >= 15 is 0 Å². The number of ether oxygens (including phenoxy) is 1. The molecule has 0 saturated carbocycles. The number of pyridine rings is 1. The van der Waals surface area contributed by atoms with Crippen LogP contribution in [-0.2, 0) is 6.61 Å². The molecule has 0 amide bonds. The lowest BCUT2D eigenvalue weighted by Crippen LogP contribution is -1.98. The van der Waals surface area contributed by atoms with Crippen molar-refractivity contribution in [2.24, 2.45) is 0 Å². The molecule has 0 aliphatic carbocycles. The van der Waals surface area contributed by atoms with Crippen LogP contribution < -0.4 is 4.74 Å². The first-order valence-electron chi connectivity index (χ1n) is 5.38. The van der Waals surface area contributed by atoms with Gasteiger partial charge in [-0.1, -0.05) is 30.3 Å². The molecule has 0 radical (unpaired) electrons. The minimum Gasteiger partial charge on any atom is -0.473 e. The molecule has 0 N–H and O–H groups in total. The zero-order valence-corrected chi connectivity index (χ0v) is 9.59. The topological polar surface area (TPSA) is 39.2 Å². The number of rotatable bonds is 4. The van der Waals surface area contributed by atoms with E-state index in [9.17, 15) is 4.79 Å². The van der Waals surface area contributed by atoms with Crippen LogP contribution in [0.15, 0.2) is 42.6 Å². The van der Waals surface area contributed by atoms with Crippen LogP contribution in [0.5, 0.6) is 5.88 Å². The van der Waals surface area contributed by atoms with Gasteiger partial charge in [0.2, 0.25) is 5.88 Å². The normalized spacial score (nSPS) is 9.94. The summed E-state index contributed by atoms with van der Waals surface area (Å²) in [5.41, 5.74) is 2.56. The number of nitrogens with zero attached hydrogens (tertiary/aromatic N) is 1. The van der Waals surface area contributed by atoms with Gasteiger partial charge in [-0.25, -0.2) is 4.98 Å². The number of aldehydes is 1. The van der Waals surface area contributed by atoms with Gasteiger partial charge in [-0.05, 0) is 18.1 Å². The number of hydrogen-bond acceptors (Lipinski definition) is 3. The van der Waals surface area contributed by atoms with Crippen molar-refractivity contribution in [2.75, 3.05) is 0 Å². The molecular formula is C14H13NO2. The smallest absolute Gasteiger partial charge is 0.213 e. The highest BCUT2D eigenvalue weighted by Gasteiger charge is 2.01. The predicted octanol–water partition coefficient (Wildman–Crippen LogP) is 2.78. The molecule has 17 heavy (non-hydrogen) atoms. The number of carbonyl (C=O) groups is 1. The van der Waals surface area contributed by atoms with Crippen molar-refractivity contribution in [3.63, 3.8) is 0 Å². The lowest BCUT2D eigenvalue weighted by molar-refractivity contribution is 0.112. The van der Waals surface area contributed by atoms with Gasteiger partial charge in [-0.15, -0.1) is 0 Å².